The highest BCUT2D eigenvalue weighted by atomic mass is 35.5. The van der Waals surface area contributed by atoms with Gasteiger partial charge in [0.05, 0.1) is 36.3 Å². The number of hydrogen-bond acceptors (Lipinski definition) is 7. The predicted molar refractivity (Wildman–Crippen MR) is 130 cm³/mol. The van der Waals surface area contributed by atoms with Gasteiger partial charge in [-0.1, -0.05) is 29.4 Å². The van der Waals surface area contributed by atoms with Crippen molar-refractivity contribution in [2.24, 2.45) is 4.99 Å². The summed E-state index contributed by atoms with van der Waals surface area (Å²) < 4.78 is 10.6. The number of rotatable bonds is 5. The maximum Gasteiger partial charge on any atom is 0.283 e. The number of carbonyl (C=O) groups is 2. The monoisotopic (exact) mass is 491 g/mol. The summed E-state index contributed by atoms with van der Waals surface area (Å²) >= 11 is 9.10. The summed E-state index contributed by atoms with van der Waals surface area (Å²) in [5.41, 5.74) is 0.876. The molecule has 0 aliphatic carbocycles. The van der Waals surface area contributed by atoms with E-state index in [-0.39, 0.29) is 11.8 Å². The van der Waals surface area contributed by atoms with Gasteiger partial charge in [-0.15, -0.1) is 11.3 Å². The fourth-order valence-electron chi connectivity index (χ4n) is 3.35. The number of halogens is 1. The minimum atomic E-state index is -0.419. The molecule has 1 fully saturated rings. The molecule has 2 amide bonds. The van der Waals surface area contributed by atoms with Crippen LogP contribution in [0.2, 0.25) is 5.02 Å². The number of ether oxygens (including phenoxy) is 2. The van der Waals surface area contributed by atoms with Crippen molar-refractivity contribution in [3.05, 3.63) is 51.3 Å². The van der Waals surface area contributed by atoms with Crippen LogP contribution in [0.4, 0.5) is 5.69 Å². The molecule has 1 saturated heterocycles. The topological polar surface area (TPSA) is 71.4 Å². The highest BCUT2D eigenvalue weighted by Crippen LogP contribution is 2.35. The van der Waals surface area contributed by atoms with Crippen LogP contribution in [-0.2, 0) is 14.3 Å². The number of nitrogens with zero attached hydrogens (tertiary/aromatic N) is 3. The average Bonchev–Trinajstić information content (AvgIpc) is 3.42. The molecule has 0 bridgehead atoms. The second kappa shape index (κ2) is 10.1. The van der Waals surface area contributed by atoms with Gasteiger partial charge in [-0.05, 0) is 42.6 Å². The first kappa shape index (κ1) is 22.8. The first-order valence-electron chi connectivity index (χ1n) is 10.0. The molecule has 7 nitrogen and oxygen atoms in total. The Morgan fingerprint density at radius 2 is 2.12 bits per heavy atom. The third-order valence-electron chi connectivity index (χ3n) is 5.00. The lowest BCUT2D eigenvalue weighted by Crippen LogP contribution is -2.44. The second-order valence-electron chi connectivity index (χ2n) is 7.10. The standard InChI is InChI=1S/C22H22ClN3O4S2/c1-14(20(27)25-7-9-30-10-8-25)32-22-24-18(13-16-4-3-11-31-16)21(28)26(22)15-5-6-19(29-2)17(23)12-15/h3-6,11-14H,7-10H2,1-2H3/b18-13-. The normalized spacial score (nSPS) is 18.8. The number of thioether (sulfide) groups is 1. The summed E-state index contributed by atoms with van der Waals surface area (Å²) in [5, 5.41) is 2.34. The van der Waals surface area contributed by atoms with Crippen LogP contribution in [0.15, 0.2) is 46.4 Å². The molecule has 2 aliphatic rings. The molecule has 4 rings (SSSR count). The number of amidine groups is 1. The number of methoxy groups -OCH3 is 1. The van der Waals surface area contributed by atoms with Gasteiger partial charge in [0.2, 0.25) is 5.91 Å². The van der Waals surface area contributed by atoms with Crippen molar-refractivity contribution in [3.63, 3.8) is 0 Å². The van der Waals surface area contributed by atoms with Crippen LogP contribution in [0.5, 0.6) is 5.75 Å². The first-order valence-corrected chi connectivity index (χ1v) is 12.2. The molecule has 0 N–H and O–H groups in total. The van der Waals surface area contributed by atoms with E-state index in [2.05, 4.69) is 4.99 Å². The first-order chi connectivity index (χ1) is 15.5. The third-order valence-corrected chi connectivity index (χ3v) is 7.15. The smallest absolute Gasteiger partial charge is 0.283 e. The van der Waals surface area contributed by atoms with Crippen molar-refractivity contribution < 1.29 is 19.1 Å². The van der Waals surface area contributed by atoms with Crippen molar-refractivity contribution in [1.29, 1.82) is 0 Å². The lowest BCUT2D eigenvalue weighted by Gasteiger charge is -2.29. The molecule has 1 atom stereocenters. The Hall–Kier alpha value is -2.33. The van der Waals surface area contributed by atoms with Gasteiger partial charge in [0.15, 0.2) is 5.17 Å². The fourth-order valence-corrected chi connectivity index (χ4v) is 5.27. The van der Waals surface area contributed by atoms with Crippen molar-refractivity contribution in [2.75, 3.05) is 38.3 Å². The predicted octanol–water partition coefficient (Wildman–Crippen LogP) is 4.13. The van der Waals surface area contributed by atoms with Crippen LogP contribution >= 0.6 is 34.7 Å². The van der Waals surface area contributed by atoms with E-state index >= 15 is 0 Å². The Labute approximate surface area is 199 Å². The van der Waals surface area contributed by atoms with E-state index in [4.69, 9.17) is 21.1 Å². The van der Waals surface area contributed by atoms with Crippen LogP contribution in [0, 0.1) is 0 Å². The van der Waals surface area contributed by atoms with Gasteiger partial charge in [0.25, 0.3) is 5.91 Å². The Kier molecular flexibility index (Phi) is 7.20. The Bertz CT molecular complexity index is 1070. The molecule has 2 aromatic rings. The van der Waals surface area contributed by atoms with E-state index < -0.39 is 5.25 Å². The molecule has 32 heavy (non-hydrogen) atoms. The lowest BCUT2D eigenvalue weighted by molar-refractivity contribution is -0.134. The summed E-state index contributed by atoms with van der Waals surface area (Å²) in [5.74, 6) is 0.239. The minimum absolute atomic E-state index is 0.00292. The van der Waals surface area contributed by atoms with Crippen LogP contribution in [0.25, 0.3) is 6.08 Å². The molecule has 1 unspecified atom stereocenters. The lowest BCUT2D eigenvalue weighted by atomic mass is 10.2. The van der Waals surface area contributed by atoms with Crippen molar-refractivity contribution in [3.8, 4) is 5.75 Å². The van der Waals surface area contributed by atoms with Crippen LogP contribution in [0.3, 0.4) is 0 Å². The Morgan fingerprint density at radius 3 is 2.78 bits per heavy atom. The molecular formula is C22H22ClN3O4S2. The molecule has 1 aromatic carbocycles. The number of morpholine rings is 1. The van der Waals surface area contributed by atoms with E-state index in [0.717, 1.165) is 4.88 Å². The van der Waals surface area contributed by atoms with Gasteiger partial charge < -0.3 is 14.4 Å². The zero-order valence-electron chi connectivity index (χ0n) is 17.6. The third kappa shape index (κ3) is 4.85. The molecule has 168 valence electrons. The van der Waals surface area contributed by atoms with Crippen molar-refractivity contribution in [2.45, 2.75) is 12.2 Å². The molecule has 3 heterocycles. The van der Waals surface area contributed by atoms with E-state index in [1.165, 1.54) is 35.1 Å². The van der Waals surface area contributed by atoms with E-state index in [1.54, 1.807) is 29.2 Å². The fraction of sp³-hybridized carbons (Fsp3) is 0.318. The number of aliphatic imine (C=N–C) groups is 1. The number of thiophene rings is 1. The van der Waals surface area contributed by atoms with E-state index in [0.29, 0.717) is 53.6 Å². The summed E-state index contributed by atoms with van der Waals surface area (Å²) in [6.45, 7) is 4.03. The Balaban J connectivity index is 1.64. The summed E-state index contributed by atoms with van der Waals surface area (Å²) in [6.07, 6.45) is 1.76. The number of benzene rings is 1. The molecule has 2 aliphatic heterocycles. The van der Waals surface area contributed by atoms with Crippen LogP contribution in [0.1, 0.15) is 11.8 Å². The van der Waals surface area contributed by atoms with E-state index in [9.17, 15) is 9.59 Å². The Morgan fingerprint density at radius 1 is 1.34 bits per heavy atom. The van der Waals surface area contributed by atoms with Gasteiger partial charge in [-0.2, -0.15) is 0 Å². The highest BCUT2D eigenvalue weighted by Gasteiger charge is 2.35. The highest BCUT2D eigenvalue weighted by molar-refractivity contribution is 8.15. The van der Waals surface area contributed by atoms with Crippen molar-refractivity contribution in [1.82, 2.24) is 4.90 Å². The molecular weight excluding hydrogens is 470 g/mol. The molecule has 0 saturated carbocycles. The van der Waals surface area contributed by atoms with Crippen LogP contribution < -0.4 is 9.64 Å². The number of carbonyl (C=O) groups excluding carboxylic acids is 2. The largest absolute Gasteiger partial charge is 0.495 e. The summed E-state index contributed by atoms with van der Waals surface area (Å²) in [4.78, 5) is 35.0. The van der Waals surface area contributed by atoms with Gasteiger partial charge in [-0.25, -0.2) is 4.99 Å². The quantitative estimate of drug-likeness (QED) is 0.588. The number of amides is 2. The molecule has 0 spiro atoms. The molecule has 10 heteroatoms. The minimum Gasteiger partial charge on any atom is -0.495 e. The molecule has 1 aromatic heterocycles. The van der Waals surface area contributed by atoms with E-state index in [1.807, 2.05) is 24.4 Å². The van der Waals surface area contributed by atoms with Gasteiger partial charge >= 0.3 is 0 Å². The number of hydrogen-bond donors (Lipinski definition) is 0. The van der Waals surface area contributed by atoms with Gasteiger partial charge in [0.1, 0.15) is 11.4 Å². The van der Waals surface area contributed by atoms with Crippen LogP contribution in [-0.4, -0.2) is 60.5 Å². The zero-order valence-corrected chi connectivity index (χ0v) is 20.0. The molecule has 0 radical (unpaired) electrons. The SMILES string of the molecule is COc1ccc(N2C(=O)/C(=C/c3cccs3)N=C2SC(C)C(=O)N2CCOCC2)cc1Cl. The maximum absolute atomic E-state index is 13.3. The average molecular weight is 492 g/mol. The zero-order chi connectivity index (χ0) is 22.7. The summed E-state index contributed by atoms with van der Waals surface area (Å²) in [6, 6.07) is 8.96. The van der Waals surface area contributed by atoms with Gasteiger partial charge in [0, 0.05) is 18.0 Å². The number of anilines is 1. The van der Waals surface area contributed by atoms with Crippen molar-refractivity contribution >= 4 is 63.4 Å². The second-order valence-corrected chi connectivity index (χ2v) is 9.79. The maximum atomic E-state index is 13.3. The summed E-state index contributed by atoms with van der Waals surface area (Å²) in [7, 11) is 1.53. The van der Waals surface area contributed by atoms with Gasteiger partial charge in [-0.3, -0.25) is 14.5 Å².